The fourth-order valence-electron chi connectivity index (χ4n) is 1.68. The maximum Gasteiger partial charge on any atom is 0.325 e. The SMILES string of the molecule is O=C(O)CCCC(=O)NC(=O)Nc1ccc2ncsc2c1. The van der Waals surface area contributed by atoms with Gasteiger partial charge in [-0.3, -0.25) is 14.9 Å². The van der Waals surface area contributed by atoms with Crippen molar-refractivity contribution >= 4 is 45.1 Å². The molecule has 110 valence electrons. The Bertz CT molecular complexity index is 683. The van der Waals surface area contributed by atoms with Gasteiger partial charge in [0.25, 0.3) is 0 Å². The monoisotopic (exact) mass is 307 g/mol. The van der Waals surface area contributed by atoms with Gasteiger partial charge in [0.2, 0.25) is 5.91 Å². The first kappa shape index (κ1) is 14.9. The van der Waals surface area contributed by atoms with Crippen molar-refractivity contribution in [3.63, 3.8) is 0 Å². The van der Waals surface area contributed by atoms with Gasteiger partial charge in [-0.1, -0.05) is 0 Å². The van der Waals surface area contributed by atoms with Gasteiger partial charge < -0.3 is 10.4 Å². The van der Waals surface area contributed by atoms with Gasteiger partial charge in [0.15, 0.2) is 0 Å². The van der Waals surface area contributed by atoms with E-state index in [0.29, 0.717) is 5.69 Å². The summed E-state index contributed by atoms with van der Waals surface area (Å²) in [5.74, 6) is -1.47. The van der Waals surface area contributed by atoms with E-state index in [2.05, 4.69) is 15.6 Å². The van der Waals surface area contributed by atoms with Gasteiger partial charge in [0.05, 0.1) is 15.7 Å². The van der Waals surface area contributed by atoms with Crippen molar-refractivity contribution < 1.29 is 19.5 Å². The van der Waals surface area contributed by atoms with Gasteiger partial charge in [-0.15, -0.1) is 11.3 Å². The van der Waals surface area contributed by atoms with Crippen LogP contribution in [0.2, 0.25) is 0 Å². The number of amides is 3. The Kier molecular flexibility index (Phi) is 4.83. The second-order valence-corrected chi connectivity index (χ2v) is 5.17. The maximum atomic E-state index is 11.6. The lowest BCUT2D eigenvalue weighted by atomic mass is 10.2. The molecule has 0 spiro atoms. The van der Waals surface area contributed by atoms with Crippen molar-refractivity contribution in [1.29, 1.82) is 0 Å². The first-order chi connectivity index (χ1) is 10.0. The van der Waals surface area contributed by atoms with Crippen LogP contribution in [0.4, 0.5) is 10.5 Å². The summed E-state index contributed by atoms with van der Waals surface area (Å²) in [6, 6.07) is 4.59. The minimum absolute atomic E-state index is 0.00635. The lowest BCUT2D eigenvalue weighted by Gasteiger charge is -2.06. The van der Waals surface area contributed by atoms with Crippen LogP contribution in [-0.2, 0) is 9.59 Å². The minimum atomic E-state index is -0.967. The third kappa shape index (κ3) is 4.53. The van der Waals surface area contributed by atoms with Crippen molar-refractivity contribution in [2.45, 2.75) is 19.3 Å². The number of benzene rings is 1. The summed E-state index contributed by atoms with van der Waals surface area (Å²) < 4.78 is 0.931. The minimum Gasteiger partial charge on any atom is -0.481 e. The summed E-state index contributed by atoms with van der Waals surface area (Å²) >= 11 is 1.45. The smallest absolute Gasteiger partial charge is 0.325 e. The van der Waals surface area contributed by atoms with Crippen molar-refractivity contribution in [2.75, 3.05) is 5.32 Å². The second-order valence-electron chi connectivity index (χ2n) is 4.28. The van der Waals surface area contributed by atoms with Crippen LogP contribution in [0.5, 0.6) is 0 Å². The highest BCUT2D eigenvalue weighted by molar-refractivity contribution is 7.16. The van der Waals surface area contributed by atoms with Gasteiger partial charge in [0, 0.05) is 18.5 Å². The molecule has 1 heterocycles. The fourth-order valence-corrected chi connectivity index (χ4v) is 2.40. The Morgan fingerprint density at radius 1 is 1.24 bits per heavy atom. The van der Waals surface area contributed by atoms with Gasteiger partial charge in [-0.05, 0) is 24.6 Å². The number of carbonyl (C=O) groups excluding carboxylic acids is 2. The third-order valence-corrected chi connectivity index (χ3v) is 3.43. The number of nitrogens with one attached hydrogen (secondary N) is 2. The molecule has 2 aromatic rings. The fraction of sp³-hybridized carbons (Fsp3) is 0.231. The predicted molar refractivity (Wildman–Crippen MR) is 78.3 cm³/mol. The van der Waals surface area contributed by atoms with Crippen LogP contribution in [0.3, 0.4) is 0 Å². The van der Waals surface area contributed by atoms with Gasteiger partial charge >= 0.3 is 12.0 Å². The molecule has 0 aliphatic heterocycles. The first-order valence-electron chi connectivity index (χ1n) is 6.20. The molecule has 0 atom stereocenters. The molecule has 21 heavy (non-hydrogen) atoms. The van der Waals surface area contributed by atoms with Crippen molar-refractivity contribution in [2.24, 2.45) is 0 Å². The van der Waals surface area contributed by atoms with E-state index in [0.717, 1.165) is 10.2 Å². The van der Waals surface area contributed by atoms with Crippen LogP contribution in [0.1, 0.15) is 19.3 Å². The molecule has 0 unspecified atom stereocenters. The summed E-state index contributed by atoms with van der Waals surface area (Å²) in [5.41, 5.74) is 3.11. The highest BCUT2D eigenvalue weighted by Crippen LogP contribution is 2.21. The van der Waals surface area contributed by atoms with E-state index in [-0.39, 0.29) is 19.3 Å². The van der Waals surface area contributed by atoms with Crippen LogP contribution in [0, 0.1) is 0 Å². The number of carboxylic acids is 1. The van der Waals surface area contributed by atoms with Crippen LogP contribution < -0.4 is 10.6 Å². The van der Waals surface area contributed by atoms with Crippen LogP contribution >= 0.6 is 11.3 Å². The number of rotatable bonds is 5. The molecule has 0 saturated carbocycles. The van der Waals surface area contributed by atoms with Gasteiger partial charge in [-0.25, -0.2) is 9.78 Å². The Hall–Kier alpha value is -2.48. The Labute approximate surface area is 124 Å². The average Bonchev–Trinajstić information content (AvgIpc) is 2.85. The van der Waals surface area contributed by atoms with E-state index in [1.807, 2.05) is 0 Å². The van der Waals surface area contributed by atoms with Crippen LogP contribution in [0.15, 0.2) is 23.7 Å². The number of nitrogens with zero attached hydrogens (tertiary/aromatic N) is 1. The molecular weight excluding hydrogens is 294 g/mol. The molecule has 0 saturated heterocycles. The number of carbonyl (C=O) groups is 3. The molecule has 0 aliphatic carbocycles. The number of aromatic nitrogens is 1. The number of fused-ring (bicyclic) bond motifs is 1. The normalized spacial score (nSPS) is 10.3. The lowest BCUT2D eigenvalue weighted by Crippen LogP contribution is -2.34. The molecule has 1 aromatic carbocycles. The maximum absolute atomic E-state index is 11.6. The summed E-state index contributed by atoms with van der Waals surface area (Å²) in [4.78, 5) is 37.5. The quantitative estimate of drug-likeness (QED) is 0.784. The molecule has 3 N–H and O–H groups in total. The van der Waals surface area contributed by atoms with E-state index in [1.54, 1.807) is 23.7 Å². The molecule has 7 nitrogen and oxygen atoms in total. The number of carboxylic acid groups (broad SMARTS) is 1. The topological polar surface area (TPSA) is 108 Å². The van der Waals surface area contributed by atoms with E-state index in [9.17, 15) is 14.4 Å². The molecule has 1 aromatic heterocycles. The summed E-state index contributed by atoms with van der Waals surface area (Å²) in [6.07, 6.45) is 0.0892. The number of hydrogen-bond donors (Lipinski definition) is 3. The number of imide groups is 1. The van der Waals surface area contributed by atoms with Crippen molar-refractivity contribution in [3.8, 4) is 0 Å². The molecule has 0 aliphatic rings. The second kappa shape index (κ2) is 6.80. The van der Waals surface area contributed by atoms with Crippen LogP contribution in [0.25, 0.3) is 10.2 Å². The molecule has 2 rings (SSSR count). The van der Waals surface area contributed by atoms with E-state index >= 15 is 0 Å². The third-order valence-electron chi connectivity index (χ3n) is 2.64. The lowest BCUT2D eigenvalue weighted by molar-refractivity contribution is -0.137. The number of urea groups is 1. The zero-order chi connectivity index (χ0) is 15.2. The molecule has 0 radical (unpaired) electrons. The molecule has 0 bridgehead atoms. The average molecular weight is 307 g/mol. The zero-order valence-electron chi connectivity index (χ0n) is 11.0. The highest BCUT2D eigenvalue weighted by atomic mass is 32.1. The van der Waals surface area contributed by atoms with E-state index in [4.69, 9.17) is 5.11 Å². The highest BCUT2D eigenvalue weighted by Gasteiger charge is 2.09. The number of hydrogen-bond acceptors (Lipinski definition) is 5. The largest absolute Gasteiger partial charge is 0.481 e. The van der Waals surface area contributed by atoms with Gasteiger partial charge in [0.1, 0.15) is 0 Å². The Morgan fingerprint density at radius 2 is 2.05 bits per heavy atom. The molecule has 0 fully saturated rings. The number of aliphatic carboxylic acids is 1. The summed E-state index contributed by atoms with van der Waals surface area (Å²) in [5, 5.41) is 13.2. The van der Waals surface area contributed by atoms with Crippen molar-refractivity contribution in [1.82, 2.24) is 10.3 Å². The summed E-state index contributed by atoms with van der Waals surface area (Å²) in [6.45, 7) is 0. The number of thiazole rings is 1. The molecular formula is C13H13N3O4S. The Morgan fingerprint density at radius 3 is 2.81 bits per heavy atom. The Balaban J connectivity index is 1.83. The van der Waals surface area contributed by atoms with Gasteiger partial charge in [-0.2, -0.15) is 0 Å². The van der Waals surface area contributed by atoms with E-state index < -0.39 is 17.9 Å². The van der Waals surface area contributed by atoms with Crippen LogP contribution in [-0.4, -0.2) is 28.0 Å². The molecule has 8 heteroatoms. The van der Waals surface area contributed by atoms with E-state index in [1.165, 1.54) is 11.3 Å². The summed E-state index contributed by atoms with van der Waals surface area (Å²) in [7, 11) is 0. The molecule has 3 amide bonds. The number of anilines is 1. The predicted octanol–water partition coefficient (Wildman–Crippen LogP) is 2.20. The first-order valence-corrected chi connectivity index (χ1v) is 7.08. The standard InChI is InChI=1S/C13H13N3O4S/c17-11(2-1-3-12(18)19)16-13(20)15-8-4-5-9-10(6-8)21-7-14-9/h4-7H,1-3H2,(H,18,19)(H2,15,16,17,20). The zero-order valence-corrected chi connectivity index (χ0v) is 11.8. The van der Waals surface area contributed by atoms with Crippen molar-refractivity contribution in [3.05, 3.63) is 23.7 Å².